The maximum atomic E-state index is 12.2. The van der Waals surface area contributed by atoms with Gasteiger partial charge in [-0.2, -0.15) is 0 Å². The number of aromatic nitrogens is 1. The summed E-state index contributed by atoms with van der Waals surface area (Å²) in [7, 11) is 0. The van der Waals surface area contributed by atoms with Crippen LogP contribution in [0.1, 0.15) is 16.2 Å². The van der Waals surface area contributed by atoms with Crippen molar-refractivity contribution < 1.29 is 9.21 Å². The van der Waals surface area contributed by atoms with E-state index in [9.17, 15) is 4.79 Å². The summed E-state index contributed by atoms with van der Waals surface area (Å²) in [6, 6.07) is 14.7. The normalized spacial score (nSPS) is 10.6. The zero-order chi connectivity index (χ0) is 16.4. The Labute approximate surface area is 150 Å². The zero-order valence-electron chi connectivity index (χ0n) is 12.1. The van der Waals surface area contributed by atoms with Crippen molar-refractivity contribution in [2.24, 2.45) is 0 Å². The van der Waals surface area contributed by atoms with Crippen LogP contribution in [0.25, 0.3) is 11.3 Å². The molecule has 6 heteroatoms. The third kappa shape index (κ3) is 3.71. The van der Waals surface area contributed by atoms with E-state index in [1.165, 1.54) is 0 Å². The molecule has 1 amide bonds. The van der Waals surface area contributed by atoms with E-state index in [1.54, 1.807) is 18.2 Å². The molecule has 1 N–H and O–H groups in total. The Bertz CT molecular complexity index is 857. The number of nitrogens with zero attached hydrogens (tertiary/aromatic N) is 1. The number of hydrogen-bond donors (Lipinski definition) is 1. The third-order valence-corrected chi connectivity index (χ3v) is 4.59. The van der Waals surface area contributed by atoms with Crippen molar-refractivity contribution in [3.8, 4) is 11.3 Å². The highest BCUT2D eigenvalue weighted by atomic mass is 79.9. The van der Waals surface area contributed by atoms with Gasteiger partial charge in [0.15, 0.2) is 5.76 Å². The number of pyridine rings is 1. The Kier molecular flexibility index (Phi) is 4.63. The fourth-order valence-electron chi connectivity index (χ4n) is 2.02. The van der Waals surface area contributed by atoms with Crippen molar-refractivity contribution in [2.75, 3.05) is 5.32 Å². The van der Waals surface area contributed by atoms with E-state index in [1.807, 2.05) is 37.3 Å². The van der Waals surface area contributed by atoms with Crippen LogP contribution in [-0.4, -0.2) is 10.9 Å². The fourth-order valence-corrected chi connectivity index (χ4v) is 2.51. The van der Waals surface area contributed by atoms with Gasteiger partial charge in [-0.05, 0) is 59.3 Å². The predicted octanol–water partition coefficient (Wildman–Crippen LogP) is 5.43. The van der Waals surface area contributed by atoms with E-state index in [4.69, 9.17) is 4.42 Å². The molecule has 0 spiro atoms. The molecule has 0 radical (unpaired) electrons. The van der Waals surface area contributed by atoms with Crippen LogP contribution < -0.4 is 5.32 Å². The molecule has 0 aliphatic rings. The van der Waals surface area contributed by atoms with Crippen molar-refractivity contribution in [1.29, 1.82) is 0 Å². The first-order valence-electron chi connectivity index (χ1n) is 6.83. The second-order valence-electron chi connectivity index (χ2n) is 4.89. The van der Waals surface area contributed by atoms with Crippen molar-refractivity contribution in [1.82, 2.24) is 4.98 Å². The maximum Gasteiger partial charge on any atom is 0.292 e. The molecule has 3 rings (SSSR count). The van der Waals surface area contributed by atoms with E-state index in [0.29, 0.717) is 11.6 Å². The van der Waals surface area contributed by atoms with Gasteiger partial charge in [0.05, 0.1) is 5.69 Å². The van der Waals surface area contributed by atoms with Gasteiger partial charge in [0.2, 0.25) is 0 Å². The van der Waals surface area contributed by atoms with Gasteiger partial charge >= 0.3 is 0 Å². The monoisotopic (exact) mass is 434 g/mol. The van der Waals surface area contributed by atoms with Crippen LogP contribution in [0.2, 0.25) is 0 Å². The molecule has 4 nitrogen and oxygen atoms in total. The first-order chi connectivity index (χ1) is 11.0. The molecule has 0 saturated heterocycles. The SMILES string of the molecule is Cc1nc(NC(=O)c2ccc(-c3ccc(Br)cc3)o2)ccc1Br. The molecule has 0 fully saturated rings. The number of nitrogens with one attached hydrogen (secondary N) is 1. The fraction of sp³-hybridized carbons (Fsp3) is 0.0588. The molecule has 0 aliphatic heterocycles. The van der Waals surface area contributed by atoms with Crippen LogP contribution in [0.3, 0.4) is 0 Å². The highest BCUT2D eigenvalue weighted by Gasteiger charge is 2.13. The molecule has 2 aromatic heterocycles. The van der Waals surface area contributed by atoms with Crippen LogP contribution in [0.15, 0.2) is 61.9 Å². The maximum absolute atomic E-state index is 12.2. The number of furan rings is 1. The summed E-state index contributed by atoms with van der Waals surface area (Å²) in [5, 5.41) is 2.73. The molecular weight excluding hydrogens is 424 g/mol. The summed E-state index contributed by atoms with van der Waals surface area (Å²) in [6.45, 7) is 1.86. The largest absolute Gasteiger partial charge is 0.451 e. The molecule has 116 valence electrons. The van der Waals surface area contributed by atoms with E-state index >= 15 is 0 Å². The van der Waals surface area contributed by atoms with Gasteiger partial charge in [-0.25, -0.2) is 4.98 Å². The van der Waals surface area contributed by atoms with E-state index in [0.717, 1.165) is 20.2 Å². The second-order valence-corrected chi connectivity index (χ2v) is 6.66. The number of aryl methyl sites for hydroxylation is 1. The van der Waals surface area contributed by atoms with Gasteiger partial charge in [0.1, 0.15) is 11.6 Å². The Hall–Kier alpha value is -1.92. The minimum Gasteiger partial charge on any atom is -0.451 e. The summed E-state index contributed by atoms with van der Waals surface area (Å²) < 4.78 is 7.52. The van der Waals surface area contributed by atoms with Gasteiger partial charge in [-0.1, -0.05) is 28.1 Å². The van der Waals surface area contributed by atoms with Gasteiger partial charge in [-0.15, -0.1) is 0 Å². The Morgan fingerprint density at radius 1 is 1.04 bits per heavy atom. The van der Waals surface area contributed by atoms with Crippen LogP contribution in [-0.2, 0) is 0 Å². The lowest BCUT2D eigenvalue weighted by Crippen LogP contribution is -2.12. The van der Waals surface area contributed by atoms with Gasteiger partial charge in [0.25, 0.3) is 5.91 Å². The van der Waals surface area contributed by atoms with Crippen LogP contribution in [0.5, 0.6) is 0 Å². The number of benzene rings is 1. The summed E-state index contributed by atoms with van der Waals surface area (Å²) >= 11 is 6.77. The molecule has 0 atom stereocenters. The second kappa shape index (κ2) is 6.68. The molecule has 0 unspecified atom stereocenters. The van der Waals surface area contributed by atoms with Gasteiger partial charge in [0, 0.05) is 14.5 Å². The van der Waals surface area contributed by atoms with Gasteiger partial charge < -0.3 is 9.73 Å². The molecule has 0 saturated carbocycles. The zero-order valence-corrected chi connectivity index (χ0v) is 15.3. The Morgan fingerprint density at radius 2 is 1.78 bits per heavy atom. The number of rotatable bonds is 3. The number of carbonyl (C=O) groups is 1. The first-order valence-corrected chi connectivity index (χ1v) is 8.42. The third-order valence-electron chi connectivity index (χ3n) is 3.22. The summed E-state index contributed by atoms with van der Waals surface area (Å²) in [5.74, 6) is 1.03. The molecule has 0 bridgehead atoms. The lowest BCUT2D eigenvalue weighted by Gasteiger charge is -2.04. The smallest absolute Gasteiger partial charge is 0.292 e. The molecule has 2 heterocycles. The molecule has 3 aromatic rings. The molecular formula is C17H12Br2N2O2. The summed E-state index contributed by atoms with van der Waals surface area (Å²) in [6.07, 6.45) is 0. The number of amides is 1. The Balaban J connectivity index is 1.78. The van der Waals surface area contributed by atoms with Crippen molar-refractivity contribution >= 4 is 43.6 Å². The summed E-state index contributed by atoms with van der Waals surface area (Å²) in [5.41, 5.74) is 1.71. The van der Waals surface area contributed by atoms with Crippen molar-refractivity contribution in [3.05, 3.63) is 68.9 Å². The van der Waals surface area contributed by atoms with Crippen molar-refractivity contribution in [2.45, 2.75) is 6.92 Å². The number of hydrogen-bond acceptors (Lipinski definition) is 3. The molecule has 1 aromatic carbocycles. The van der Waals surface area contributed by atoms with Gasteiger partial charge in [-0.3, -0.25) is 4.79 Å². The highest BCUT2D eigenvalue weighted by Crippen LogP contribution is 2.24. The van der Waals surface area contributed by atoms with Crippen LogP contribution in [0.4, 0.5) is 5.82 Å². The van der Waals surface area contributed by atoms with E-state index in [-0.39, 0.29) is 11.7 Å². The first kappa shape index (κ1) is 16.0. The standard InChI is InChI=1S/C17H12Br2N2O2/c1-10-13(19)6-9-16(20-10)21-17(22)15-8-7-14(23-15)11-2-4-12(18)5-3-11/h2-9H,1H3,(H,20,21,22). The minimum atomic E-state index is -0.331. The number of anilines is 1. The lowest BCUT2D eigenvalue weighted by atomic mass is 10.2. The quantitative estimate of drug-likeness (QED) is 0.596. The van der Waals surface area contributed by atoms with E-state index < -0.39 is 0 Å². The lowest BCUT2D eigenvalue weighted by molar-refractivity contribution is 0.0997. The summed E-state index contributed by atoms with van der Waals surface area (Å²) in [4.78, 5) is 16.5. The highest BCUT2D eigenvalue weighted by molar-refractivity contribution is 9.10. The molecule has 0 aliphatic carbocycles. The average Bonchev–Trinajstić information content (AvgIpc) is 3.02. The van der Waals surface area contributed by atoms with Crippen molar-refractivity contribution in [3.63, 3.8) is 0 Å². The van der Waals surface area contributed by atoms with Crippen LogP contribution in [0, 0.1) is 6.92 Å². The predicted molar refractivity (Wildman–Crippen MR) is 96.5 cm³/mol. The Morgan fingerprint density at radius 3 is 2.48 bits per heavy atom. The number of halogens is 2. The van der Waals surface area contributed by atoms with E-state index in [2.05, 4.69) is 42.2 Å². The topological polar surface area (TPSA) is 55.1 Å². The van der Waals surface area contributed by atoms with Crippen LogP contribution >= 0.6 is 31.9 Å². The minimum absolute atomic E-state index is 0.241. The average molecular weight is 436 g/mol. The molecule has 23 heavy (non-hydrogen) atoms. The number of carbonyl (C=O) groups excluding carboxylic acids is 1.